The molecule has 1 atom stereocenters. The van der Waals surface area contributed by atoms with Crippen molar-refractivity contribution in [2.24, 2.45) is 0 Å². The van der Waals surface area contributed by atoms with Crippen molar-refractivity contribution in [2.45, 2.75) is 32.9 Å². The zero-order valence-electron chi connectivity index (χ0n) is 11.4. The molecule has 6 nitrogen and oxygen atoms in total. The van der Waals surface area contributed by atoms with Crippen molar-refractivity contribution in [3.8, 4) is 0 Å². The lowest BCUT2D eigenvalue weighted by Crippen LogP contribution is -2.38. The van der Waals surface area contributed by atoms with E-state index in [0.717, 1.165) is 0 Å². The van der Waals surface area contributed by atoms with Crippen LogP contribution in [0.4, 0.5) is 5.82 Å². The monoisotopic (exact) mass is 254 g/mol. The van der Waals surface area contributed by atoms with Gasteiger partial charge in [0.25, 0.3) is 0 Å². The van der Waals surface area contributed by atoms with E-state index in [0.29, 0.717) is 5.82 Å². The fourth-order valence-electron chi connectivity index (χ4n) is 1.53. The van der Waals surface area contributed by atoms with E-state index in [2.05, 4.69) is 10.4 Å². The van der Waals surface area contributed by atoms with Crippen LogP contribution < -0.4 is 5.32 Å². The summed E-state index contributed by atoms with van der Waals surface area (Å²) in [5, 5.41) is 16.0. The predicted octanol–water partition coefficient (Wildman–Crippen LogP) is 0.715. The standard InChI is InChI=1S/C12H22N4O2/c1-9(2)16-11(5-6-13-16)14-12(18)7-15(4)10(3)8-17/h5-6,9-10,17H,7-8H2,1-4H3,(H,14,18). The van der Waals surface area contributed by atoms with Gasteiger partial charge >= 0.3 is 0 Å². The maximum Gasteiger partial charge on any atom is 0.239 e. The molecule has 0 aliphatic carbocycles. The fraction of sp³-hybridized carbons (Fsp3) is 0.667. The Balaban J connectivity index is 2.57. The van der Waals surface area contributed by atoms with Gasteiger partial charge in [-0.2, -0.15) is 5.10 Å². The summed E-state index contributed by atoms with van der Waals surface area (Å²) >= 11 is 0. The summed E-state index contributed by atoms with van der Waals surface area (Å²) < 4.78 is 1.76. The first-order valence-corrected chi connectivity index (χ1v) is 6.10. The Morgan fingerprint density at radius 3 is 2.78 bits per heavy atom. The first kappa shape index (κ1) is 14.7. The molecule has 0 radical (unpaired) electrons. The highest BCUT2D eigenvalue weighted by Gasteiger charge is 2.14. The van der Waals surface area contributed by atoms with E-state index < -0.39 is 0 Å². The quantitative estimate of drug-likeness (QED) is 0.784. The van der Waals surface area contributed by atoms with Crippen LogP contribution in [0, 0.1) is 0 Å². The Labute approximate surface area is 108 Å². The zero-order chi connectivity index (χ0) is 13.7. The summed E-state index contributed by atoms with van der Waals surface area (Å²) in [5.41, 5.74) is 0. The van der Waals surface area contributed by atoms with Gasteiger partial charge in [-0.1, -0.05) is 0 Å². The van der Waals surface area contributed by atoms with Gasteiger partial charge < -0.3 is 10.4 Å². The van der Waals surface area contributed by atoms with Gasteiger partial charge in [-0.15, -0.1) is 0 Å². The minimum atomic E-state index is -0.111. The summed E-state index contributed by atoms with van der Waals surface area (Å²) in [7, 11) is 1.81. The third-order valence-electron chi connectivity index (χ3n) is 2.84. The Morgan fingerprint density at radius 2 is 2.22 bits per heavy atom. The molecule has 1 heterocycles. The highest BCUT2D eigenvalue weighted by Crippen LogP contribution is 2.12. The van der Waals surface area contributed by atoms with Crippen molar-refractivity contribution >= 4 is 11.7 Å². The van der Waals surface area contributed by atoms with E-state index in [9.17, 15) is 4.79 Å². The molecule has 2 N–H and O–H groups in total. The summed E-state index contributed by atoms with van der Waals surface area (Å²) in [5.74, 6) is 0.584. The number of nitrogens with one attached hydrogen (secondary N) is 1. The average Bonchev–Trinajstić information content (AvgIpc) is 2.75. The summed E-state index contributed by atoms with van der Waals surface area (Å²) in [6, 6.07) is 1.93. The number of aromatic nitrogens is 2. The molecule has 1 aromatic rings. The molecule has 102 valence electrons. The van der Waals surface area contributed by atoms with Crippen LogP contribution >= 0.6 is 0 Å². The van der Waals surface area contributed by atoms with Gasteiger partial charge in [-0.05, 0) is 27.8 Å². The Hall–Kier alpha value is -1.40. The summed E-state index contributed by atoms with van der Waals surface area (Å²) in [6.07, 6.45) is 1.66. The van der Waals surface area contributed by atoms with Crippen LogP contribution in [0.25, 0.3) is 0 Å². The van der Waals surface area contributed by atoms with Gasteiger partial charge in [0.2, 0.25) is 5.91 Å². The smallest absolute Gasteiger partial charge is 0.239 e. The highest BCUT2D eigenvalue weighted by molar-refractivity contribution is 5.91. The van der Waals surface area contributed by atoms with Gasteiger partial charge in [-0.3, -0.25) is 9.69 Å². The van der Waals surface area contributed by atoms with Gasteiger partial charge in [-0.25, -0.2) is 4.68 Å². The van der Waals surface area contributed by atoms with E-state index >= 15 is 0 Å². The lowest BCUT2D eigenvalue weighted by Gasteiger charge is -2.22. The first-order chi connectivity index (χ1) is 8.45. The van der Waals surface area contributed by atoms with Crippen LogP contribution in [-0.2, 0) is 4.79 Å². The molecule has 1 rings (SSSR count). The first-order valence-electron chi connectivity index (χ1n) is 6.10. The third kappa shape index (κ3) is 3.82. The van der Waals surface area contributed by atoms with Crippen molar-refractivity contribution in [3.63, 3.8) is 0 Å². The normalized spacial score (nSPS) is 13.1. The van der Waals surface area contributed by atoms with E-state index in [1.54, 1.807) is 28.9 Å². The van der Waals surface area contributed by atoms with Gasteiger partial charge in [0.1, 0.15) is 5.82 Å². The largest absolute Gasteiger partial charge is 0.395 e. The lowest BCUT2D eigenvalue weighted by atomic mass is 10.3. The number of hydrogen-bond acceptors (Lipinski definition) is 4. The second-order valence-electron chi connectivity index (χ2n) is 4.75. The minimum absolute atomic E-state index is 0.0354. The molecular weight excluding hydrogens is 232 g/mol. The maximum absolute atomic E-state index is 11.8. The molecule has 0 bridgehead atoms. The van der Waals surface area contributed by atoms with Crippen LogP contribution in [0.15, 0.2) is 12.3 Å². The molecule has 0 saturated carbocycles. The molecular formula is C12H22N4O2. The molecule has 1 aromatic heterocycles. The van der Waals surface area contributed by atoms with E-state index in [-0.39, 0.29) is 31.1 Å². The molecule has 0 saturated heterocycles. The molecule has 0 spiro atoms. The summed E-state index contributed by atoms with van der Waals surface area (Å²) in [4.78, 5) is 13.6. The molecule has 0 aliphatic heterocycles. The number of likely N-dealkylation sites (N-methyl/N-ethyl adjacent to an activating group) is 1. The molecule has 0 aromatic carbocycles. The molecule has 1 amide bonds. The molecule has 0 fully saturated rings. The number of carbonyl (C=O) groups is 1. The van der Waals surface area contributed by atoms with Crippen LogP contribution in [0.1, 0.15) is 26.8 Å². The van der Waals surface area contributed by atoms with Crippen LogP contribution in [0.3, 0.4) is 0 Å². The van der Waals surface area contributed by atoms with Crippen molar-refractivity contribution in [1.29, 1.82) is 0 Å². The molecule has 6 heteroatoms. The Kier molecular flexibility index (Phi) is 5.30. The maximum atomic E-state index is 11.8. The van der Waals surface area contributed by atoms with Crippen molar-refractivity contribution in [2.75, 3.05) is 25.5 Å². The molecule has 0 aliphatic rings. The lowest BCUT2D eigenvalue weighted by molar-refractivity contribution is -0.117. The number of amides is 1. The number of anilines is 1. The van der Waals surface area contributed by atoms with Gasteiger partial charge in [0.05, 0.1) is 19.3 Å². The van der Waals surface area contributed by atoms with Crippen molar-refractivity contribution in [1.82, 2.24) is 14.7 Å². The van der Waals surface area contributed by atoms with E-state index in [4.69, 9.17) is 5.11 Å². The predicted molar refractivity (Wildman–Crippen MR) is 70.4 cm³/mol. The summed E-state index contributed by atoms with van der Waals surface area (Å²) in [6.45, 7) is 6.15. The van der Waals surface area contributed by atoms with E-state index in [1.807, 2.05) is 20.8 Å². The van der Waals surface area contributed by atoms with Crippen molar-refractivity contribution < 1.29 is 9.90 Å². The number of hydrogen-bond donors (Lipinski definition) is 2. The second-order valence-corrected chi connectivity index (χ2v) is 4.75. The number of nitrogens with zero attached hydrogens (tertiary/aromatic N) is 3. The number of carbonyl (C=O) groups excluding carboxylic acids is 1. The van der Waals surface area contributed by atoms with E-state index in [1.165, 1.54) is 0 Å². The van der Waals surface area contributed by atoms with Gasteiger partial charge in [0.15, 0.2) is 0 Å². The molecule has 18 heavy (non-hydrogen) atoms. The number of aliphatic hydroxyl groups excluding tert-OH is 1. The Morgan fingerprint density at radius 1 is 1.56 bits per heavy atom. The van der Waals surface area contributed by atoms with Crippen LogP contribution in [0.2, 0.25) is 0 Å². The SMILES string of the molecule is CC(CO)N(C)CC(=O)Nc1ccnn1C(C)C. The third-order valence-corrected chi connectivity index (χ3v) is 2.84. The zero-order valence-corrected chi connectivity index (χ0v) is 11.4. The minimum Gasteiger partial charge on any atom is -0.395 e. The Bertz CT molecular complexity index is 389. The average molecular weight is 254 g/mol. The number of rotatable bonds is 6. The second kappa shape index (κ2) is 6.51. The fourth-order valence-corrected chi connectivity index (χ4v) is 1.53. The highest BCUT2D eigenvalue weighted by atomic mass is 16.3. The van der Waals surface area contributed by atoms with Crippen LogP contribution in [-0.4, -0.2) is 51.9 Å². The molecule has 1 unspecified atom stereocenters. The van der Waals surface area contributed by atoms with Gasteiger partial charge in [0, 0.05) is 18.2 Å². The van der Waals surface area contributed by atoms with Crippen LogP contribution in [0.5, 0.6) is 0 Å². The topological polar surface area (TPSA) is 70.4 Å². The van der Waals surface area contributed by atoms with Crippen molar-refractivity contribution in [3.05, 3.63) is 12.3 Å². The number of aliphatic hydroxyl groups is 1.